The van der Waals surface area contributed by atoms with Crippen molar-refractivity contribution < 1.29 is 34.8 Å². The number of rotatable bonds is 7. The van der Waals surface area contributed by atoms with Crippen LogP contribution in [0.15, 0.2) is 24.4 Å². The van der Waals surface area contributed by atoms with E-state index in [1.807, 2.05) is 12.1 Å². The third kappa shape index (κ3) is 4.62. The number of carbonyl (C=O) groups is 1. The Kier molecular flexibility index (Phi) is 7.55. The number of hydrogen-bond donors (Lipinski definition) is 1. The van der Waals surface area contributed by atoms with E-state index in [4.69, 9.17) is 23.2 Å². The first-order valence-corrected chi connectivity index (χ1v) is 12.6. The van der Waals surface area contributed by atoms with E-state index in [1.165, 1.54) is 21.5 Å². The number of nitrogens with zero attached hydrogens (tertiary/aromatic N) is 2. The van der Waals surface area contributed by atoms with Crippen LogP contribution >= 0.6 is 23.2 Å². The molecule has 0 saturated carbocycles. The molecule has 0 bridgehead atoms. The summed E-state index contributed by atoms with van der Waals surface area (Å²) < 4.78 is 30.1. The number of aromatic nitrogens is 2. The van der Waals surface area contributed by atoms with Crippen molar-refractivity contribution >= 4 is 34.8 Å². The molecule has 1 aliphatic heterocycles. The van der Waals surface area contributed by atoms with Crippen molar-refractivity contribution in [3.8, 4) is 0 Å². The Morgan fingerprint density at radius 3 is 2.89 bits per heavy atom. The van der Waals surface area contributed by atoms with Crippen LogP contribution in [0.1, 0.15) is 46.8 Å². The van der Waals surface area contributed by atoms with Gasteiger partial charge in [0.15, 0.2) is 0 Å². The summed E-state index contributed by atoms with van der Waals surface area (Å²) in [6, 6.07) is 5.85. The fourth-order valence-corrected chi connectivity index (χ4v) is 7.36. The Labute approximate surface area is 183 Å². The Morgan fingerprint density at radius 1 is 1.43 bits per heavy atom. The number of alkyl halides is 5. The summed E-state index contributed by atoms with van der Waals surface area (Å²) in [5.74, 6) is 0.879. The molecule has 1 aromatic carbocycles. The second-order valence-corrected chi connectivity index (χ2v) is 10.4. The summed E-state index contributed by atoms with van der Waals surface area (Å²) in [6.45, 7) is 0. The first kappa shape index (κ1) is 21.8. The molecule has 0 unspecified atom stereocenters. The fourth-order valence-electron chi connectivity index (χ4n) is 3.59. The predicted octanol–water partition coefficient (Wildman–Crippen LogP) is 1.84. The monoisotopic (exact) mass is 542 g/mol. The SMILES string of the molecule is Cn1cc(C(=O)Nc2cccc3c2[C@@H]([C@@H](CCl)CCCl)CC[I-]3)c(C(F)F)n1. The molecule has 28 heavy (non-hydrogen) atoms. The normalized spacial score (nSPS) is 17.7. The van der Waals surface area contributed by atoms with E-state index in [9.17, 15) is 13.6 Å². The average Bonchev–Trinajstić information content (AvgIpc) is 3.08. The molecule has 4 nitrogen and oxygen atoms in total. The van der Waals surface area contributed by atoms with Crippen LogP contribution < -0.4 is 26.5 Å². The van der Waals surface area contributed by atoms with Gasteiger partial charge in [-0.05, 0) is 0 Å². The Hall–Kier alpha value is -0.930. The maximum atomic E-state index is 13.2. The van der Waals surface area contributed by atoms with Gasteiger partial charge in [-0.15, -0.1) is 0 Å². The van der Waals surface area contributed by atoms with Crippen LogP contribution in [0.25, 0.3) is 0 Å². The van der Waals surface area contributed by atoms with Crippen LogP contribution in [0.2, 0.25) is 0 Å². The maximum absolute atomic E-state index is 13.2. The summed E-state index contributed by atoms with van der Waals surface area (Å²) in [4.78, 5) is 12.8. The number of halogens is 5. The molecular formula is C19H21Cl2F2IN3O-. The number of carbonyl (C=O) groups excluding carboxylic acids is 1. The second-order valence-electron chi connectivity index (χ2n) is 6.67. The van der Waals surface area contributed by atoms with Gasteiger partial charge in [0.2, 0.25) is 0 Å². The van der Waals surface area contributed by atoms with Crippen molar-refractivity contribution in [2.75, 3.05) is 21.5 Å². The summed E-state index contributed by atoms with van der Waals surface area (Å²) in [5, 5.41) is 6.58. The quantitative estimate of drug-likeness (QED) is 0.429. The van der Waals surface area contributed by atoms with Gasteiger partial charge >= 0.3 is 184 Å². The second kappa shape index (κ2) is 9.71. The van der Waals surface area contributed by atoms with Crippen molar-refractivity contribution in [3.63, 3.8) is 0 Å². The first-order valence-electron chi connectivity index (χ1n) is 8.93. The van der Waals surface area contributed by atoms with Gasteiger partial charge in [0.25, 0.3) is 0 Å². The topological polar surface area (TPSA) is 46.9 Å². The van der Waals surface area contributed by atoms with Crippen molar-refractivity contribution in [2.24, 2.45) is 13.0 Å². The molecule has 1 amide bonds. The van der Waals surface area contributed by atoms with Crippen LogP contribution in [-0.4, -0.2) is 31.9 Å². The fraction of sp³-hybridized carbons (Fsp3) is 0.474. The third-order valence-electron chi connectivity index (χ3n) is 4.89. The van der Waals surface area contributed by atoms with E-state index >= 15 is 0 Å². The number of aryl methyl sites for hydroxylation is 1. The van der Waals surface area contributed by atoms with Gasteiger partial charge in [0, 0.05) is 0 Å². The number of amides is 1. The molecule has 0 aliphatic carbocycles. The van der Waals surface area contributed by atoms with Crippen LogP contribution in [0, 0.1) is 9.49 Å². The van der Waals surface area contributed by atoms with Crippen LogP contribution in [0.4, 0.5) is 14.5 Å². The molecule has 2 atom stereocenters. The standard InChI is InChI=1S/C19H21Cl2F2IN3O/c1-27-10-13(17(26-27)18(22)23)19(28)25-15-4-2-3-14-16(15)12(6-8-24-14)11(9-21)5-7-20/h2-4,10-12,18H,5-9H2,1H3,(H,25,28)/q-1/t11-,12-/m1/s1. The number of hydrogen-bond acceptors (Lipinski definition) is 2. The molecule has 9 heteroatoms. The molecular weight excluding hydrogens is 522 g/mol. The molecule has 0 spiro atoms. The zero-order valence-electron chi connectivity index (χ0n) is 15.3. The molecule has 0 saturated heterocycles. The number of anilines is 1. The average molecular weight is 543 g/mol. The molecule has 2 heterocycles. The van der Waals surface area contributed by atoms with E-state index in [2.05, 4.69) is 16.5 Å². The predicted molar refractivity (Wildman–Crippen MR) is 103 cm³/mol. The number of fused-ring (bicyclic) bond motifs is 1. The molecule has 3 rings (SSSR count). The van der Waals surface area contributed by atoms with E-state index in [0.29, 0.717) is 17.4 Å². The van der Waals surface area contributed by atoms with Crippen LogP contribution in [0.3, 0.4) is 0 Å². The molecule has 154 valence electrons. The minimum absolute atomic E-state index is 0.105. The molecule has 2 aromatic rings. The van der Waals surface area contributed by atoms with Gasteiger partial charge in [0.05, 0.1) is 0 Å². The Balaban J connectivity index is 1.95. The van der Waals surface area contributed by atoms with Crippen molar-refractivity contribution in [1.29, 1.82) is 0 Å². The summed E-state index contributed by atoms with van der Waals surface area (Å²) in [6.07, 6.45) is 0.325. The molecule has 0 radical (unpaired) electrons. The molecule has 0 fully saturated rings. The van der Waals surface area contributed by atoms with Gasteiger partial charge in [-0.1, -0.05) is 0 Å². The Bertz CT molecular complexity index is 847. The van der Waals surface area contributed by atoms with Gasteiger partial charge in [0.1, 0.15) is 0 Å². The van der Waals surface area contributed by atoms with Crippen molar-refractivity contribution in [3.05, 3.63) is 44.8 Å². The number of benzene rings is 1. The van der Waals surface area contributed by atoms with Crippen LogP contribution in [-0.2, 0) is 7.05 Å². The van der Waals surface area contributed by atoms with Gasteiger partial charge in [-0.3, -0.25) is 0 Å². The molecule has 1 aromatic heterocycles. The summed E-state index contributed by atoms with van der Waals surface area (Å²) >= 11 is 12.1. The first-order chi connectivity index (χ1) is 13.5. The van der Waals surface area contributed by atoms with Crippen LogP contribution in [0.5, 0.6) is 0 Å². The van der Waals surface area contributed by atoms with Gasteiger partial charge in [-0.25, -0.2) is 0 Å². The van der Waals surface area contributed by atoms with Gasteiger partial charge in [-0.2, -0.15) is 0 Å². The van der Waals surface area contributed by atoms with Crippen molar-refractivity contribution in [1.82, 2.24) is 9.78 Å². The van der Waals surface area contributed by atoms with E-state index in [1.54, 1.807) is 0 Å². The summed E-state index contributed by atoms with van der Waals surface area (Å²) in [7, 11) is 1.52. The zero-order valence-corrected chi connectivity index (χ0v) is 18.9. The third-order valence-corrected chi connectivity index (χ3v) is 8.43. The minimum atomic E-state index is -2.81. The van der Waals surface area contributed by atoms with E-state index in [-0.39, 0.29) is 38.6 Å². The zero-order chi connectivity index (χ0) is 20.3. The molecule has 1 N–H and O–H groups in total. The van der Waals surface area contributed by atoms with E-state index in [0.717, 1.165) is 22.8 Å². The summed E-state index contributed by atoms with van der Waals surface area (Å²) in [5.41, 5.74) is 1.18. The number of nitrogens with one attached hydrogen (secondary N) is 1. The van der Waals surface area contributed by atoms with Crippen molar-refractivity contribution in [2.45, 2.75) is 25.2 Å². The molecule has 1 aliphatic rings. The van der Waals surface area contributed by atoms with E-state index < -0.39 is 18.0 Å². The van der Waals surface area contributed by atoms with Gasteiger partial charge < -0.3 is 0 Å². The Morgan fingerprint density at radius 2 is 2.21 bits per heavy atom.